The standard InChI is InChI=1S/C12H12N2O4/c1-17-9-5-7(12(15)16)4-8-11(9)13-6-14(8)10-2-3-18-10/h4-6,10H,2-3H2,1H3,(H,15,16). The van der Waals surface area contributed by atoms with Crippen molar-refractivity contribution < 1.29 is 19.4 Å². The lowest BCUT2D eigenvalue weighted by atomic mass is 10.1. The highest BCUT2D eigenvalue weighted by Crippen LogP contribution is 2.32. The minimum absolute atomic E-state index is 0.0521. The molecule has 2 aromatic rings. The minimum atomic E-state index is -0.988. The van der Waals surface area contributed by atoms with Crippen LogP contribution in [0.3, 0.4) is 0 Å². The average molecular weight is 248 g/mol. The number of carboxylic acids is 1. The molecule has 6 nitrogen and oxygen atoms in total. The first-order valence-electron chi connectivity index (χ1n) is 5.60. The van der Waals surface area contributed by atoms with E-state index in [1.807, 2.05) is 4.57 Å². The van der Waals surface area contributed by atoms with Gasteiger partial charge in [0, 0.05) is 6.42 Å². The Hall–Kier alpha value is -2.08. The molecule has 0 bridgehead atoms. The van der Waals surface area contributed by atoms with Crippen LogP contribution in [0.4, 0.5) is 0 Å². The molecule has 18 heavy (non-hydrogen) atoms. The summed E-state index contributed by atoms with van der Waals surface area (Å²) < 4.78 is 12.4. The first-order chi connectivity index (χ1) is 8.70. The average Bonchev–Trinajstić information content (AvgIpc) is 2.69. The lowest BCUT2D eigenvalue weighted by molar-refractivity contribution is -0.0971. The van der Waals surface area contributed by atoms with Crippen LogP contribution >= 0.6 is 0 Å². The molecule has 1 atom stereocenters. The third kappa shape index (κ3) is 1.53. The van der Waals surface area contributed by atoms with Crippen LogP contribution in [-0.4, -0.2) is 34.3 Å². The number of carbonyl (C=O) groups is 1. The summed E-state index contributed by atoms with van der Waals surface area (Å²) in [4.78, 5) is 15.3. The van der Waals surface area contributed by atoms with E-state index < -0.39 is 5.97 Å². The summed E-state index contributed by atoms with van der Waals surface area (Å²) in [5.41, 5.74) is 1.55. The molecule has 2 heterocycles. The number of hydrogen-bond donors (Lipinski definition) is 1. The van der Waals surface area contributed by atoms with Crippen molar-refractivity contribution in [3.63, 3.8) is 0 Å². The first kappa shape index (κ1) is 11.0. The maximum absolute atomic E-state index is 11.1. The number of rotatable bonds is 3. The topological polar surface area (TPSA) is 73.6 Å². The third-order valence-electron chi connectivity index (χ3n) is 3.10. The van der Waals surface area contributed by atoms with Crippen molar-refractivity contribution in [2.45, 2.75) is 12.6 Å². The Morgan fingerprint density at radius 2 is 2.39 bits per heavy atom. The van der Waals surface area contributed by atoms with Crippen LogP contribution in [0, 0.1) is 0 Å². The molecule has 1 fully saturated rings. The normalized spacial score (nSPS) is 18.6. The van der Waals surface area contributed by atoms with Crippen molar-refractivity contribution in [3.05, 3.63) is 24.0 Å². The van der Waals surface area contributed by atoms with Crippen LogP contribution in [0.1, 0.15) is 23.0 Å². The Kier molecular flexibility index (Phi) is 2.45. The van der Waals surface area contributed by atoms with Gasteiger partial charge >= 0.3 is 5.97 Å². The van der Waals surface area contributed by atoms with E-state index in [-0.39, 0.29) is 11.8 Å². The summed E-state index contributed by atoms with van der Waals surface area (Å²) in [5.74, 6) is -0.527. The van der Waals surface area contributed by atoms with Gasteiger partial charge in [0.2, 0.25) is 0 Å². The SMILES string of the molecule is COc1cc(C(=O)O)cc2c1ncn2C1CCO1. The highest BCUT2D eigenvalue weighted by molar-refractivity contribution is 5.95. The van der Waals surface area contributed by atoms with Crippen molar-refractivity contribution >= 4 is 17.0 Å². The van der Waals surface area contributed by atoms with Crippen molar-refractivity contribution in [2.24, 2.45) is 0 Å². The molecule has 1 saturated heterocycles. The quantitative estimate of drug-likeness (QED) is 0.894. The van der Waals surface area contributed by atoms with Gasteiger partial charge in [-0.2, -0.15) is 0 Å². The molecule has 1 aromatic carbocycles. The van der Waals surface area contributed by atoms with E-state index in [4.69, 9.17) is 14.6 Å². The highest BCUT2D eigenvalue weighted by atomic mass is 16.5. The summed E-state index contributed by atoms with van der Waals surface area (Å²) in [6, 6.07) is 3.07. The third-order valence-corrected chi connectivity index (χ3v) is 3.10. The van der Waals surface area contributed by atoms with Crippen LogP contribution in [0.15, 0.2) is 18.5 Å². The van der Waals surface area contributed by atoms with Crippen LogP contribution in [-0.2, 0) is 4.74 Å². The summed E-state index contributed by atoms with van der Waals surface area (Å²) >= 11 is 0. The number of aromatic nitrogens is 2. The van der Waals surface area contributed by atoms with E-state index >= 15 is 0 Å². The van der Waals surface area contributed by atoms with E-state index in [0.717, 1.165) is 18.5 Å². The van der Waals surface area contributed by atoms with Crippen LogP contribution in [0.25, 0.3) is 11.0 Å². The second-order valence-corrected chi connectivity index (χ2v) is 4.12. The van der Waals surface area contributed by atoms with Crippen LogP contribution < -0.4 is 4.74 Å². The summed E-state index contributed by atoms with van der Waals surface area (Å²) in [5, 5.41) is 9.09. The van der Waals surface area contributed by atoms with Crippen molar-refractivity contribution in [1.82, 2.24) is 9.55 Å². The number of imidazole rings is 1. The molecular formula is C12H12N2O4. The molecule has 1 aliphatic heterocycles. The number of nitrogens with zero attached hydrogens (tertiary/aromatic N) is 2. The first-order valence-corrected chi connectivity index (χ1v) is 5.60. The molecule has 1 aliphatic rings. The summed E-state index contributed by atoms with van der Waals surface area (Å²) in [6.07, 6.45) is 2.51. The van der Waals surface area contributed by atoms with Gasteiger partial charge in [0.05, 0.1) is 31.1 Å². The van der Waals surface area contributed by atoms with E-state index in [9.17, 15) is 4.79 Å². The number of hydrogen-bond acceptors (Lipinski definition) is 4. The lowest BCUT2D eigenvalue weighted by Gasteiger charge is -2.28. The fourth-order valence-electron chi connectivity index (χ4n) is 2.05. The number of methoxy groups -OCH3 is 1. The second-order valence-electron chi connectivity index (χ2n) is 4.12. The zero-order valence-electron chi connectivity index (χ0n) is 9.79. The monoisotopic (exact) mass is 248 g/mol. The maximum Gasteiger partial charge on any atom is 0.335 e. The molecule has 94 valence electrons. The predicted octanol–water partition coefficient (Wildman–Crippen LogP) is 1.66. The number of benzene rings is 1. The van der Waals surface area contributed by atoms with Crippen LogP contribution in [0.2, 0.25) is 0 Å². The van der Waals surface area contributed by atoms with Gasteiger partial charge in [0.15, 0.2) is 0 Å². The molecular weight excluding hydrogens is 236 g/mol. The lowest BCUT2D eigenvalue weighted by Crippen LogP contribution is -2.23. The Balaban J connectivity index is 2.21. The fraction of sp³-hybridized carbons (Fsp3) is 0.333. The van der Waals surface area contributed by atoms with Gasteiger partial charge in [-0.1, -0.05) is 0 Å². The van der Waals surface area contributed by atoms with Crippen molar-refractivity contribution in [2.75, 3.05) is 13.7 Å². The largest absolute Gasteiger partial charge is 0.494 e. The zero-order valence-corrected chi connectivity index (χ0v) is 9.79. The molecule has 1 unspecified atom stereocenters. The summed E-state index contributed by atoms with van der Waals surface area (Å²) in [6.45, 7) is 0.722. The Morgan fingerprint density at radius 1 is 1.61 bits per heavy atom. The van der Waals surface area contributed by atoms with Gasteiger partial charge in [-0.25, -0.2) is 9.78 Å². The number of carboxylic acid groups (broad SMARTS) is 1. The molecule has 6 heteroatoms. The highest BCUT2D eigenvalue weighted by Gasteiger charge is 2.23. The maximum atomic E-state index is 11.1. The fourth-order valence-corrected chi connectivity index (χ4v) is 2.05. The predicted molar refractivity (Wildman–Crippen MR) is 62.9 cm³/mol. The van der Waals surface area contributed by atoms with Gasteiger partial charge in [-0.05, 0) is 12.1 Å². The molecule has 1 N–H and O–H groups in total. The molecule has 0 radical (unpaired) electrons. The van der Waals surface area contributed by atoms with Crippen LogP contribution in [0.5, 0.6) is 5.75 Å². The van der Waals surface area contributed by atoms with E-state index in [1.54, 1.807) is 12.4 Å². The Morgan fingerprint density at radius 3 is 2.94 bits per heavy atom. The van der Waals surface area contributed by atoms with E-state index in [1.165, 1.54) is 13.2 Å². The van der Waals surface area contributed by atoms with Gasteiger partial charge in [-0.15, -0.1) is 0 Å². The molecule has 0 aliphatic carbocycles. The number of fused-ring (bicyclic) bond motifs is 1. The van der Waals surface area contributed by atoms with E-state index in [0.29, 0.717) is 11.3 Å². The smallest absolute Gasteiger partial charge is 0.335 e. The molecule has 0 saturated carbocycles. The number of ether oxygens (including phenoxy) is 2. The molecule has 0 spiro atoms. The van der Waals surface area contributed by atoms with Gasteiger partial charge in [0.1, 0.15) is 17.5 Å². The van der Waals surface area contributed by atoms with Gasteiger partial charge in [0.25, 0.3) is 0 Å². The van der Waals surface area contributed by atoms with Gasteiger partial charge in [-0.3, -0.25) is 0 Å². The van der Waals surface area contributed by atoms with Crippen molar-refractivity contribution in [1.29, 1.82) is 0 Å². The Bertz CT molecular complexity index is 616. The summed E-state index contributed by atoms with van der Waals surface area (Å²) in [7, 11) is 1.50. The Labute approximate surface area is 103 Å². The zero-order chi connectivity index (χ0) is 12.7. The molecule has 3 rings (SSSR count). The minimum Gasteiger partial charge on any atom is -0.494 e. The van der Waals surface area contributed by atoms with E-state index in [2.05, 4.69) is 4.98 Å². The molecule has 0 amide bonds. The number of aromatic carboxylic acids is 1. The second kappa shape index (κ2) is 3.99. The molecule has 1 aromatic heterocycles. The van der Waals surface area contributed by atoms with Gasteiger partial charge < -0.3 is 19.1 Å². The van der Waals surface area contributed by atoms with Crippen molar-refractivity contribution in [3.8, 4) is 5.75 Å².